The third kappa shape index (κ3) is 3.51. The van der Waals surface area contributed by atoms with Crippen LogP contribution in [0.15, 0.2) is 66.3 Å². The Morgan fingerprint density at radius 2 is 1.88 bits per heavy atom. The van der Waals surface area contributed by atoms with Gasteiger partial charge in [-0.25, -0.2) is 4.68 Å². The molecule has 0 spiro atoms. The number of hydrogen-bond donors (Lipinski definition) is 0. The quantitative estimate of drug-likeness (QED) is 0.647. The Bertz CT molecular complexity index is 782. The molecule has 0 saturated heterocycles. The highest BCUT2D eigenvalue weighted by Crippen LogP contribution is 2.21. The second-order valence-corrected chi connectivity index (χ2v) is 6.45. The fourth-order valence-electron chi connectivity index (χ4n) is 2.46. The molecule has 1 aromatic carbocycles. The van der Waals surface area contributed by atoms with Crippen LogP contribution in [0.2, 0.25) is 0 Å². The summed E-state index contributed by atoms with van der Waals surface area (Å²) in [4.78, 5) is 14.5. The molecule has 0 N–H and O–H groups in total. The van der Waals surface area contributed by atoms with E-state index >= 15 is 0 Å². The van der Waals surface area contributed by atoms with Crippen molar-refractivity contribution in [2.75, 3.05) is 10.7 Å². The Morgan fingerprint density at radius 1 is 1.17 bits per heavy atom. The summed E-state index contributed by atoms with van der Waals surface area (Å²) < 4.78 is 3.67. The second kappa shape index (κ2) is 7.35. The van der Waals surface area contributed by atoms with Crippen LogP contribution in [0.5, 0.6) is 0 Å². The summed E-state index contributed by atoms with van der Waals surface area (Å²) in [7, 11) is 0. The van der Waals surface area contributed by atoms with Crippen molar-refractivity contribution in [2.24, 2.45) is 0 Å². The normalized spacial score (nSPS) is 11.0. The van der Waals surface area contributed by atoms with Crippen molar-refractivity contribution < 1.29 is 4.79 Å². The molecule has 0 aliphatic rings. The highest BCUT2D eigenvalue weighted by molar-refractivity contribution is 7.99. The molecule has 0 atom stereocenters. The molecule has 6 nitrogen and oxygen atoms in total. The summed E-state index contributed by atoms with van der Waals surface area (Å²) in [5, 5.41) is 8.72. The van der Waals surface area contributed by atoms with Gasteiger partial charge in [0.15, 0.2) is 0 Å². The van der Waals surface area contributed by atoms with E-state index in [0.29, 0.717) is 10.9 Å². The molecule has 3 rings (SSSR count). The maximum Gasteiger partial charge on any atom is 0.237 e. The highest BCUT2D eigenvalue weighted by atomic mass is 32.2. The predicted molar refractivity (Wildman–Crippen MR) is 95.0 cm³/mol. The maximum atomic E-state index is 12.7. The summed E-state index contributed by atoms with van der Waals surface area (Å²) in [6, 6.07) is 13.7. The average molecular weight is 341 g/mol. The van der Waals surface area contributed by atoms with Gasteiger partial charge in [0, 0.05) is 24.1 Å². The van der Waals surface area contributed by atoms with E-state index in [-0.39, 0.29) is 11.9 Å². The van der Waals surface area contributed by atoms with E-state index in [9.17, 15) is 4.79 Å². The average Bonchev–Trinajstić information content (AvgIpc) is 3.25. The van der Waals surface area contributed by atoms with Gasteiger partial charge in [0.05, 0.1) is 5.75 Å². The molecule has 0 aliphatic heterocycles. The zero-order valence-corrected chi connectivity index (χ0v) is 14.4. The number of anilines is 1. The molecule has 7 heteroatoms. The molecular weight excluding hydrogens is 322 g/mol. The van der Waals surface area contributed by atoms with Crippen LogP contribution in [0.3, 0.4) is 0 Å². The first-order chi connectivity index (χ1) is 11.7. The number of thioether (sulfide) groups is 1. The van der Waals surface area contributed by atoms with Gasteiger partial charge in [-0.1, -0.05) is 30.0 Å². The fourth-order valence-corrected chi connectivity index (χ4v) is 3.23. The lowest BCUT2D eigenvalue weighted by molar-refractivity contribution is -0.116. The number of rotatable bonds is 6. The Labute approximate surface area is 145 Å². The second-order valence-electron chi connectivity index (χ2n) is 5.50. The molecule has 0 unspecified atom stereocenters. The van der Waals surface area contributed by atoms with Crippen molar-refractivity contribution in [3.8, 4) is 0 Å². The first-order valence-electron chi connectivity index (χ1n) is 7.70. The summed E-state index contributed by atoms with van der Waals surface area (Å²) in [6.07, 6.45) is 5.43. The standard InChI is InChI=1S/C17H19N5OS/c1-14(2)22(15-8-4-3-5-9-15)16(23)12-24-17-19-18-13-21(17)20-10-6-7-11-20/h3-11,13-14H,12H2,1-2H3. The number of para-hydroxylation sites is 1. The highest BCUT2D eigenvalue weighted by Gasteiger charge is 2.20. The maximum absolute atomic E-state index is 12.7. The molecule has 0 radical (unpaired) electrons. The monoisotopic (exact) mass is 341 g/mol. The van der Waals surface area contributed by atoms with Crippen LogP contribution in [-0.2, 0) is 4.79 Å². The van der Waals surface area contributed by atoms with Gasteiger partial charge in [0.25, 0.3) is 0 Å². The zero-order chi connectivity index (χ0) is 16.9. The van der Waals surface area contributed by atoms with E-state index in [4.69, 9.17) is 0 Å². The molecule has 2 heterocycles. The van der Waals surface area contributed by atoms with Crippen LogP contribution in [0.1, 0.15) is 13.8 Å². The van der Waals surface area contributed by atoms with Crippen molar-refractivity contribution in [3.05, 3.63) is 61.2 Å². The minimum Gasteiger partial charge on any atom is -0.309 e. The number of amides is 1. The summed E-state index contributed by atoms with van der Waals surface area (Å²) in [6.45, 7) is 4.02. The first-order valence-corrected chi connectivity index (χ1v) is 8.69. The number of benzene rings is 1. The van der Waals surface area contributed by atoms with Gasteiger partial charge in [-0.05, 0) is 38.1 Å². The van der Waals surface area contributed by atoms with Gasteiger partial charge >= 0.3 is 0 Å². The number of nitrogens with zero attached hydrogens (tertiary/aromatic N) is 5. The molecule has 0 fully saturated rings. The predicted octanol–water partition coefficient (Wildman–Crippen LogP) is 2.92. The molecule has 1 amide bonds. The number of carbonyl (C=O) groups is 1. The minimum atomic E-state index is 0.0447. The van der Waals surface area contributed by atoms with E-state index in [2.05, 4.69) is 10.2 Å². The number of carbonyl (C=O) groups excluding carboxylic acids is 1. The van der Waals surface area contributed by atoms with Crippen LogP contribution < -0.4 is 4.90 Å². The Hall–Kier alpha value is -2.54. The van der Waals surface area contributed by atoms with E-state index < -0.39 is 0 Å². The molecule has 24 heavy (non-hydrogen) atoms. The Balaban J connectivity index is 1.72. The minimum absolute atomic E-state index is 0.0447. The van der Waals surface area contributed by atoms with Crippen LogP contribution >= 0.6 is 11.8 Å². The van der Waals surface area contributed by atoms with Gasteiger partial charge in [0.2, 0.25) is 11.1 Å². The van der Waals surface area contributed by atoms with Crippen molar-refractivity contribution >= 4 is 23.4 Å². The zero-order valence-electron chi connectivity index (χ0n) is 13.6. The number of aromatic nitrogens is 4. The van der Waals surface area contributed by atoms with E-state index in [1.165, 1.54) is 11.8 Å². The van der Waals surface area contributed by atoms with E-state index in [1.54, 1.807) is 11.0 Å². The summed E-state index contributed by atoms with van der Waals surface area (Å²) in [5.41, 5.74) is 0.907. The lowest BCUT2D eigenvalue weighted by atomic mass is 10.2. The van der Waals surface area contributed by atoms with Crippen LogP contribution in [0.4, 0.5) is 5.69 Å². The van der Waals surface area contributed by atoms with Gasteiger partial charge in [-0.15, -0.1) is 10.2 Å². The van der Waals surface area contributed by atoms with Crippen molar-refractivity contribution in [1.82, 2.24) is 19.5 Å². The molecular formula is C17H19N5OS. The Kier molecular flexibility index (Phi) is 5.00. The van der Waals surface area contributed by atoms with E-state index in [1.807, 2.05) is 78.3 Å². The van der Waals surface area contributed by atoms with Gasteiger partial charge in [-0.2, -0.15) is 0 Å². The molecule has 0 bridgehead atoms. The molecule has 0 saturated carbocycles. The van der Waals surface area contributed by atoms with Crippen LogP contribution in [0, 0.1) is 0 Å². The third-order valence-electron chi connectivity index (χ3n) is 3.48. The van der Waals surface area contributed by atoms with Gasteiger partial charge in [0.1, 0.15) is 6.33 Å². The first kappa shape index (κ1) is 16.3. The fraction of sp³-hybridized carbons (Fsp3) is 0.235. The Morgan fingerprint density at radius 3 is 2.54 bits per heavy atom. The molecule has 2 aromatic heterocycles. The summed E-state index contributed by atoms with van der Waals surface area (Å²) in [5.74, 6) is 0.343. The summed E-state index contributed by atoms with van der Waals surface area (Å²) >= 11 is 1.38. The topological polar surface area (TPSA) is 56.0 Å². The third-order valence-corrected chi connectivity index (χ3v) is 4.40. The molecule has 0 aliphatic carbocycles. The van der Waals surface area contributed by atoms with Crippen LogP contribution in [0.25, 0.3) is 0 Å². The lowest BCUT2D eigenvalue weighted by Crippen LogP contribution is -2.38. The smallest absolute Gasteiger partial charge is 0.237 e. The van der Waals surface area contributed by atoms with Crippen molar-refractivity contribution in [3.63, 3.8) is 0 Å². The lowest BCUT2D eigenvalue weighted by Gasteiger charge is -2.26. The number of hydrogen-bond acceptors (Lipinski definition) is 4. The van der Waals surface area contributed by atoms with E-state index in [0.717, 1.165) is 5.69 Å². The van der Waals surface area contributed by atoms with Crippen molar-refractivity contribution in [2.45, 2.75) is 25.0 Å². The van der Waals surface area contributed by atoms with Crippen LogP contribution in [-0.4, -0.2) is 37.3 Å². The molecule has 124 valence electrons. The van der Waals surface area contributed by atoms with Gasteiger partial charge in [-0.3, -0.25) is 9.47 Å². The SMILES string of the molecule is CC(C)N(C(=O)CSc1nncn1-n1cccc1)c1ccccc1. The molecule has 3 aromatic rings. The van der Waals surface area contributed by atoms with Crippen molar-refractivity contribution in [1.29, 1.82) is 0 Å². The van der Waals surface area contributed by atoms with Gasteiger partial charge < -0.3 is 4.90 Å². The largest absolute Gasteiger partial charge is 0.309 e.